The van der Waals surface area contributed by atoms with Gasteiger partial charge in [0.05, 0.1) is 5.60 Å². The summed E-state index contributed by atoms with van der Waals surface area (Å²) in [6.07, 6.45) is -8.40. The van der Waals surface area contributed by atoms with Gasteiger partial charge in [0.25, 0.3) is 0 Å². The van der Waals surface area contributed by atoms with Crippen LogP contribution in [0.2, 0.25) is 0 Å². The molecule has 0 radical (unpaired) electrons. The lowest BCUT2D eigenvalue weighted by Crippen LogP contribution is -2.70. The molecule has 0 fully saturated rings. The SMILES string of the molecule is CCCCCCCC(C)(O)CC(F)(F)C(F)(F)C(F)(F)C(F)(F)C(F)(F)C(F)(F)F. The Labute approximate surface area is 163 Å². The van der Waals surface area contributed by atoms with Crippen molar-refractivity contribution in [2.75, 3.05) is 0 Å². The molecule has 0 aromatic carbocycles. The maximum Gasteiger partial charge on any atom is 0.460 e. The first-order valence-corrected chi connectivity index (χ1v) is 8.70. The van der Waals surface area contributed by atoms with Crippen molar-refractivity contribution in [1.29, 1.82) is 0 Å². The molecular weight excluding hydrogens is 455 g/mol. The van der Waals surface area contributed by atoms with Gasteiger partial charge in [-0.15, -0.1) is 0 Å². The number of rotatable bonds is 12. The molecule has 0 aromatic rings. The molecule has 0 bridgehead atoms. The summed E-state index contributed by atoms with van der Waals surface area (Å²) in [5, 5.41) is 9.75. The van der Waals surface area contributed by atoms with Gasteiger partial charge >= 0.3 is 35.8 Å². The zero-order valence-corrected chi connectivity index (χ0v) is 15.8. The van der Waals surface area contributed by atoms with E-state index in [1.54, 1.807) is 0 Å². The Kier molecular flexibility index (Phi) is 8.61. The van der Waals surface area contributed by atoms with Gasteiger partial charge < -0.3 is 5.11 Å². The van der Waals surface area contributed by atoms with Crippen LogP contribution < -0.4 is 0 Å². The molecule has 0 rings (SSSR count). The molecule has 182 valence electrons. The van der Waals surface area contributed by atoms with Gasteiger partial charge in [0.1, 0.15) is 0 Å². The molecule has 0 amide bonds. The smallest absolute Gasteiger partial charge is 0.390 e. The van der Waals surface area contributed by atoms with Crippen LogP contribution >= 0.6 is 0 Å². The maximum atomic E-state index is 13.8. The zero-order chi connectivity index (χ0) is 24.4. The third-order valence-corrected chi connectivity index (χ3v) is 4.42. The molecule has 30 heavy (non-hydrogen) atoms. The molecule has 0 spiro atoms. The van der Waals surface area contributed by atoms with Gasteiger partial charge in [-0.25, -0.2) is 0 Å². The van der Waals surface area contributed by atoms with Gasteiger partial charge in [-0.2, -0.15) is 57.1 Å². The number of alkyl halides is 13. The van der Waals surface area contributed by atoms with Crippen molar-refractivity contribution in [1.82, 2.24) is 0 Å². The van der Waals surface area contributed by atoms with Crippen molar-refractivity contribution in [2.45, 2.75) is 100 Å². The Morgan fingerprint density at radius 1 is 0.567 bits per heavy atom. The Morgan fingerprint density at radius 2 is 0.967 bits per heavy atom. The highest BCUT2D eigenvalue weighted by molar-refractivity contribution is 5.11. The number of hydrogen-bond donors (Lipinski definition) is 1. The summed E-state index contributed by atoms with van der Waals surface area (Å²) in [4.78, 5) is 0. The van der Waals surface area contributed by atoms with Crippen LogP contribution in [0.15, 0.2) is 0 Å². The summed E-state index contributed by atoms with van der Waals surface area (Å²) in [7, 11) is 0. The molecule has 1 unspecified atom stereocenters. The van der Waals surface area contributed by atoms with Crippen LogP contribution in [0.5, 0.6) is 0 Å². The first-order valence-electron chi connectivity index (χ1n) is 8.70. The standard InChI is InChI=1S/C16H21F13O/c1-3-4-5-6-7-8-10(2,30)9-11(17,18)12(19,20)13(21,22)14(23,24)15(25,26)16(27,28)29/h30H,3-9H2,1-2H3. The predicted molar refractivity (Wildman–Crippen MR) is 79.4 cm³/mol. The third kappa shape index (κ3) is 5.45. The lowest BCUT2D eigenvalue weighted by Gasteiger charge is -2.41. The minimum atomic E-state index is -7.92. The normalized spacial score (nSPS) is 17.2. The maximum absolute atomic E-state index is 13.8. The second-order valence-corrected chi connectivity index (χ2v) is 7.34. The van der Waals surface area contributed by atoms with Crippen molar-refractivity contribution < 1.29 is 62.2 Å². The van der Waals surface area contributed by atoms with E-state index in [4.69, 9.17) is 0 Å². The quantitative estimate of drug-likeness (QED) is 0.233. The summed E-state index contributed by atoms with van der Waals surface area (Å²) in [5.41, 5.74) is -2.82. The van der Waals surface area contributed by atoms with Crippen molar-refractivity contribution >= 4 is 0 Å². The number of halogens is 13. The van der Waals surface area contributed by atoms with Crippen LogP contribution in [-0.2, 0) is 0 Å². The fourth-order valence-electron chi connectivity index (χ4n) is 2.59. The molecule has 14 heteroatoms. The van der Waals surface area contributed by atoms with Crippen molar-refractivity contribution in [3.8, 4) is 0 Å². The third-order valence-electron chi connectivity index (χ3n) is 4.42. The van der Waals surface area contributed by atoms with Crippen molar-refractivity contribution in [3.05, 3.63) is 0 Å². The van der Waals surface area contributed by atoms with Crippen molar-refractivity contribution in [2.24, 2.45) is 0 Å². The predicted octanol–water partition coefficient (Wildman–Crippen LogP) is 7.23. The molecule has 0 heterocycles. The van der Waals surface area contributed by atoms with E-state index in [-0.39, 0.29) is 6.42 Å². The van der Waals surface area contributed by atoms with Crippen LogP contribution in [-0.4, -0.2) is 46.5 Å². The first-order chi connectivity index (χ1) is 13.0. The molecule has 0 aliphatic heterocycles. The van der Waals surface area contributed by atoms with Gasteiger partial charge in [0.15, 0.2) is 0 Å². The minimum absolute atomic E-state index is 0.0483. The molecule has 1 atom stereocenters. The number of unbranched alkanes of at least 4 members (excludes halogenated alkanes) is 4. The lowest BCUT2D eigenvalue weighted by molar-refractivity contribution is -0.441. The Morgan fingerprint density at radius 3 is 1.37 bits per heavy atom. The Hall–Kier alpha value is -0.950. The van der Waals surface area contributed by atoms with Gasteiger partial charge in [-0.1, -0.05) is 39.0 Å². The number of aliphatic hydroxyl groups is 1. The molecule has 0 aliphatic rings. The molecule has 0 saturated carbocycles. The van der Waals surface area contributed by atoms with E-state index < -0.39 is 54.2 Å². The van der Waals surface area contributed by atoms with E-state index in [1.165, 1.54) is 0 Å². The molecular formula is C16H21F13O. The highest BCUT2D eigenvalue weighted by atomic mass is 19.4. The van der Waals surface area contributed by atoms with E-state index in [1.807, 2.05) is 6.92 Å². The zero-order valence-electron chi connectivity index (χ0n) is 15.8. The lowest BCUT2D eigenvalue weighted by atomic mass is 9.85. The summed E-state index contributed by atoms with van der Waals surface area (Å²) in [6.45, 7) is 2.31. The molecule has 1 nitrogen and oxygen atoms in total. The average Bonchev–Trinajstić information content (AvgIpc) is 2.51. The fourth-order valence-corrected chi connectivity index (χ4v) is 2.59. The monoisotopic (exact) mass is 476 g/mol. The van der Waals surface area contributed by atoms with Crippen LogP contribution in [0.25, 0.3) is 0 Å². The molecule has 1 N–H and O–H groups in total. The Bertz CT molecular complexity index is 552. The largest absolute Gasteiger partial charge is 0.460 e. The van der Waals surface area contributed by atoms with Crippen LogP contribution in [0.4, 0.5) is 57.1 Å². The summed E-state index contributed by atoms with van der Waals surface area (Å²) in [6, 6.07) is 0. The molecule has 0 aliphatic carbocycles. The molecule has 0 aromatic heterocycles. The van der Waals surface area contributed by atoms with Gasteiger partial charge in [0.2, 0.25) is 0 Å². The van der Waals surface area contributed by atoms with E-state index in [9.17, 15) is 62.2 Å². The minimum Gasteiger partial charge on any atom is -0.390 e. The van der Waals surface area contributed by atoms with Gasteiger partial charge in [-0.3, -0.25) is 0 Å². The van der Waals surface area contributed by atoms with E-state index in [0.29, 0.717) is 26.2 Å². The Balaban J connectivity index is 5.74. The fraction of sp³-hybridized carbons (Fsp3) is 1.00. The highest BCUT2D eigenvalue weighted by Crippen LogP contribution is 2.61. The summed E-state index contributed by atoms with van der Waals surface area (Å²) < 4.78 is 170. The summed E-state index contributed by atoms with van der Waals surface area (Å²) in [5.74, 6) is -37.1. The van der Waals surface area contributed by atoms with E-state index >= 15 is 0 Å². The topological polar surface area (TPSA) is 20.2 Å². The van der Waals surface area contributed by atoms with E-state index in [0.717, 1.165) is 6.42 Å². The van der Waals surface area contributed by atoms with Crippen molar-refractivity contribution in [3.63, 3.8) is 0 Å². The molecule has 0 saturated heterocycles. The second-order valence-electron chi connectivity index (χ2n) is 7.34. The van der Waals surface area contributed by atoms with Crippen LogP contribution in [0, 0.1) is 0 Å². The average molecular weight is 476 g/mol. The first kappa shape index (κ1) is 29.1. The van der Waals surface area contributed by atoms with Gasteiger partial charge in [0, 0.05) is 6.42 Å². The summed E-state index contributed by atoms with van der Waals surface area (Å²) >= 11 is 0. The van der Waals surface area contributed by atoms with E-state index in [2.05, 4.69) is 0 Å². The van der Waals surface area contributed by atoms with Crippen LogP contribution in [0.3, 0.4) is 0 Å². The number of hydrogen-bond acceptors (Lipinski definition) is 1. The highest BCUT2D eigenvalue weighted by Gasteiger charge is 2.90. The second kappa shape index (κ2) is 8.89. The van der Waals surface area contributed by atoms with Gasteiger partial charge in [-0.05, 0) is 13.3 Å². The van der Waals surface area contributed by atoms with Crippen LogP contribution in [0.1, 0.15) is 58.8 Å².